The highest BCUT2D eigenvalue weighted by molar-refractivity contribution is 5.84. The molecule has 0 spiro atoms. The van der Waals surface area contributed by atoms with Gasteiger partial charge in [-0.15, -0.1) is 0 Å². The van der Waals surface area contributed by atoms with E-state index in [1.807, 2.05) is 12.1 Å². The average molecular weight is 291 g/mol. The normalized spacial score (nSPS) is 17.6. The molecule has 114 valence electrons. The average Bonchev–Trinajstić information content (AvgIpc) is 2.90. The number of rotatable bonds is 6. The van der Waals surface area contributed by atoms with E-state index in [0.29, 0.717) is 18.8 Å². The molecule has 1 aromatic rings. The van der Waals surface area contributed by atoms with Crippen molar-refractivity contribution < 1.29 is 14.3 Å². The molecule has 0 saturated carbocycles. The lowest BCUT2D eigenvalue weighted by molar-refractivity contribution is -0.137. The van der Waals surface area contributed by atoms with Crippen LogP contribution in [0.4, 0.5) is 5.69 Å². The van der Waals surface area contributed by atoms with E-state index in [-0.39, 0.29) is 25.0 Å². The molecule has 1 aromatic carbocycles. The molecule has 21 heavy (non-hydrogen) atoms. The zero-order valence-corrected chi connectivity index (χ0v) is 12.0. The number of nitrogen functional groups attached to an aromatic ring is 1. The van der Waals surface area contributed by atoms with E-state index in [4.69, 9.17) is 16.2 Å². The highest BCUT2D eigenvalue weighted by Gasteiger charge is 2.23. The van der Waals surface area contributed by atoms with Crippen LogP contribution in [0.15, 0.2) is 24.3 Å². The molecule has 6 nitrogen and oxygen atoms in total. The van der Waals surface area contributed by atoms with Gasteiger partial charge in [0.1, 0.15) is 0 Å². The number of primary amides is 1. The highest BCUT2D eigenvalue weighted by atomic mass is 16.5. The summed E-state index contributed by atoms with van der Waals surface area (Å²) in [5.41, 5.74) is 12.5. The number of benzene rings is 1. The highest BCUT2D eigenvalue weighted by Crippen LogP contribution is 2.17. The molecule has 1 heterocycles. The second kappa shape index (κ2) is 7.08. The summed E-state index contributed by atoms with van der Waals surface area (Å²) in [6.07, 6.45) is 2.10. The van der Waals surface area contributed by atoms with Crippen molar-refractivity contribution >= 4 is 17.5 Å². The van der Waals surface area contributed by atoms with Crippen molar-refractivity contribution in [1.29, 1.82) is 0 Å². The van der Waals surface area contributed by atoms with Gasteiger partial charge in [-0.05, 0) is 30.5 Å². The molecule has 1 aliphatic heterocycles. The number of carbonyl (C=O) groups is 2. The molecule has 1 atom stereocenters. The molecule has 1 unspecified atom stereocenters. The number of amides is 2. The van der Waals surface area contributed by atoms with Gasteiger partial charge >= 0.3 is 0 Å². The Hall–Kier alpha value is -2.08. The van der Waals surface area contributed by atoms with E-state index in [1.54, 1.807) is 12.1 Å². The molecule has 2 amide bonds. The summed E-state index contributed by atoms with van der Waals surface area (Å²) < 4.78 is 5.46. The van der Waals surface area contributed by atoms with E-state index in [0.717, 1.165) is 18.4 Å². The maximum absolute atomic E-state index is 12.3. The summed E-state index contributed by atoms with van der Waals surface area (Å²) in [4.78, 5) is 25.0. The van der Waals surface area contributed by atoms with Gasteiger partial charge in [-0.25, -0.2) is 0 Å². The molecule has 0 radical (unpaired) electrons. The van der Waals surface area contributed by atoms with E-state index in [2.05, 4.69) is 0 Å². The first kappa shape index (κ1) is 15.3. The van der Waals surface area contributed by atoms with Crippen molar-refractivity contribution in [3.63, 3.8) is 0 Å². The fourth-order valence-corrected chi connectivity index (χ4v) is 2.46. The largest absolute Gasteiger partial charge is 0.399 e. The smallest absolute Gasteiger partial charge is 0.237 e. The molecule has 0 aromatic heterocycles. The molecular formula is C15H21N3O3. The predicted octanol–water partition coefficient (Wildman–Crippen LogP) is 0.652. The summed E-state index contributed by atoms with van der Waals surface area (Å²) >= 11 is 0. The number of nitrogens with two attached hydrogens (primary N) is 2. The van der Waals surface area contributed by atoms with Crippen LogP contribution in [0.5, 0.6) is 0 Å². The molecule has 1 aliphatic rings. The molecule has 6 heteroatoms. The van der Waals surface area contributed by atoms with Crippen LogP contribution >= 0.6 is 0 Å². The Morgan fingerprint density at radius 3 is 2.81 bits per heavy atom. The van der Waals surface area contributed by atoms with Crippen LogP contribution < -0.4 is 11.5 Å². The summed E-state index contributed by atoms with van der Waals surface area (Å²) in [6.45, 7) is 0.920. The monoisotopic (exact) mass is 291 g/mol. The van der Waals surface area contributed by atoms with Crippen molar-refractivity contribution in [2.45, 2.75) is 31.9 Å². The molecule has 0 aliphatic carbocycles. The van der Waals surface area contributed by atoms with Gasteiger partial charge in [-0.3, -0.25) is 9.59 Å². The fraction of sp³-hybridized carbons (Fsp3) is 0.467. The maximum Gasteiger partial charge on any atom is 0.237 e. The Kier molecular flexibility index (Phi) is 5.16. The lowest BCUT2D eigenvalue weighted by Crippen LogP contribution is -2.39. The number of nitrogens with zero attached hydrogens (tertiary/aromatic N) is 1. The molecule has 1 saturated heterocycles. The first-order valence-corrected chi connectivity index (χ1v) is 7.06. The van der Waals surface area contributed by atoms with Gasteiger partial charge in [0, 0.05) is 18.8 Å². The molecule has 2 rings (SSSR count). The maximum atomic E-state index is 12.3. The topological polar surface area (TPSA) is 98.7 Å². The Bertz CT molecular complexity index is 513. The fourth-order valence-electron chi connectivity index (χ4n) is 2.46. The quantitative estimate of drug-likeness (QED) is 0.752. The zero-order chi connectivity index (χ0) is 15.2. The van der Waals surface area contributed by atoms with Gasteiger partial charge in [-0.1, -0.05) is 12.1 Å². The van der Waals surface area contributed by atoms with Crippen LogP contribution in [-0.4, -0.2) is 36.0 Å². The lowest BCUT2D eigenvalue weighted by atomic mass is 10.1. The second-order valence-electron chi connectivity index (χ2n) is 5.30. The van der Waals surface area contributed by atoms with Gasteiger partial charge in [0.2, 0.25) is 11.8 Å². The van der Waals surface area contributed by atoms with Gasteiger partial charge in [0.05, 0.1) is 19.1 Å². The predicted molar refractivity (Wildman–Crippen MR) is 79.1 cm³/mol. The number of hydrogen-bond acceptors (Lipinski definition) is 4. The first-order valence-electron chi connectivity index (χ1n) is 7.06. The van der Waals surface area contributed by atoms with E-state index >= 15 is 0 Å². The number of hydrogen-bond donors (Lipinski definition) is 2. The van der Waals surface area contributed by atoms with E-state index in [1.165, 1.54) is 4.90 Å². The van der Waals surface area contributed by atoms with Gasteiger partial charge in [-0.2, -0.15) is 0 Å². The number of anilines is 1. The Morgan fingerprint density at radius 2 is 2.19 bits per heavy atom. The van der Waals surface area contributed by atoms with Crippen LogP contribution in [0.2, 0.25) is 0 Å². The molecule has 0 bridgehead atoms. The third-order valence-electron chi connectivity index (χ3n) is 3.45. The standard InChI is InChI=1S/C15H21N3O3/c16-12-4-1-3-11(7-12)9-18(10-14(17)19)15(20)8-13-5-2-6-21-13/h1,3-4,7,13H,2,5-6,8-10,16H2,(H2,17,19). The minimum absolute atomic E-state index is 0.0475. The van der Waals surface area contributed by atoms with Crippen LogP contribution in [0.1, 0.15) is 24.8 Å². The van der Waals surface area contributed by atoms with Crippen molar-refractivity contribution in [3.05, 3.63) is 29.8 Å². The number of carbonyl (C=O) groups excluding carboxylic acids is 2. The Morgan fingerprint density at radius 1 is 1.38 bits per heavy atom. The SMILES string of the molecule is NC(=O)CN(Cc1cccc(N)c1)C(=O)CC1CCCO1. The van der Waals surface area contributed by atoms with E-state index in [9.17, 15) is 9.59 Å². The minimum Gasteiger partial charge on any atom is -0.399 e. The molecular weight excluding hydrogens is 270 g/mol. The van der Waals surface area contributed by atoms with E-state index < -0.39 is 5.91 Å². The lowest BCUT2D eigenvalue weighted by Gasteiger charge is -2.23. The molecule has 1 fully saturated rings. The number of ether oxygens (including phenoxy) is 1. The third kappa shape index (κ3) is 4.75. The molecule has 4 N–H and O–H groups in total. The Labute approximate surface area is 124 Å². The zero-order valence-electron chi connectivity index (χ0n) is 12.0. The van der Waals surface area contributed by atoms with Crippen molar-refractivity contribution in [3.8, 4) is 0 Å². The van der Waals surface area contributed by atoms with Crippen molar-refractivity contribution in [1.82, 2.24) is 4.90 Å². The minimum atomic E-state index is -0.528. The third-order valence-corrected chi connectivity index (χ3v) is 3.45. The van der Waals surface area contributed by atoms with Gasteiger partial charge < -0.3 is 21.1 Å². The van der Waals surface area contributed by atoms with Crippen molar-refractivity contribution in [2.24, 2.45) is 5.73 Å². The van der Waals surface area contributed by atoms with Crippen molar-refractivity contribution in [2.75, 3.05) is 18.9 Å². The van der Waals surface area contributed by atoms with Gasteiger partial charge in [0.25, 0.3) is 0 Å². The van der Waals surface area contributed by atoms with Crippen LogP contribution in [0.25, 0.3) is 0 Å². The van der Waals surface area contributed by atoms with Crippen LogP contribution in [0.3, 0.4) is 0 Å². The van der Waals surface area contributed by atoms with Crippen LogP contribution in [0, 0.1) is 0 Å². The van der Waals surface area contributed by atoms with Gasteiger partial charge in [0.15, 0.2) is 0 Å². The van der Waals surface area contributed by atoms with Crippen LogP contribution in [-0.2, 0) is 20.9 Å². The first-order chi connectivity index (χ1) is 10.0. The Balaban J connectivity index is 2.02. The summed E-state index contributed by atoms with van der Waals surface area (Å²) in [7, 11) is 0. The summed E-state index contributed by atoms with van der Waals surface area (Å²) in [5, 5.41) is 0. The summed E-state index contributed by atoms with van der Waals surface area (Å²) in [6, 6.07) is 7.24. The second-order valence-corrected chi connectivity index (χ2v) is 5.30. The summed E-state index contributed by atoms with van der Waals surface area (Å²) in [5.74, 6) is -0.650.